The first-order valence-corrected chi connectivity index (χ1v) is 21.4. The highest BCUT2D eigenvalue weighted by Crippen LogP contribution is 2.26. The quantitative estimate of drug-likeness (QED) is 0.100. The Morgan fingerprint density at radius 1 is 0.314 bits per heavy atom. The van der Waals surface area contributed by atoms with Crippen LogP contribution in [0.15, 0.2) is 72.8 Å². The monoisotopic (exact) mass is 734 g/mol. The van der Waals surface area contributed by atoms with E-state index in [0.29, 0.717) is 52.9 Å². The van der Waals surface area contributed by atoms with Crippen LogP contribution in [0.3, 0.4) is 0 Å². The lowest BCUT2D eigenvalue weighted by atomic mass is 10.3. The molecule has 0 aliphatic heterocycles. The number of rotatable bonds is 22. The van der Waals surface area contributed by atoms with Crippen LogP contribution in [-0.2, 0) is 4.12 Å². The van der Waals surface area contributed by atoms with Crippen molar-refractivity contribution in [1.82, 2.24) is 0 Å². The first kappa shape index (κ1) is 39.5. The van der Waals surface area contributed by atoms with Crippen molar-refractivity contribution in [3.8, 4) is 46.0 Å². The van der Waals surface area contributed by atoms with E-state index in [4.69, 9.17) is 42.0 Å². The summed E-state index contributed by atoms with van der Waals surface area (Å²) >= 11 is 0. The summed E-state index contributed by atoms with van der Waals surface area (Å²) in [7, 11) is -5.56. The van der Waals surface area contributed by atoms with Crippen LogP contribution in [0.25, 0.3) is 0 Å². The Bertz CT molecular complexity index is 1430. The molecule has 4 rings (SSSR count). The SMILES string of the molecule is CCOc1ccc(OCC)c([SiH](O[SiH](c2cc(OCC)ccc2OCC)c2cc(OCC)ccc2OCC)c2cc(OCC)ccc2OCC)c1. The van der Waals surface area contributed by atoms with Gasteiger partial charge in [0.25, 0.3) is 0 Å². The largest absolute Gasteiger partial charge is 0.494 e. The van der Waals surface area contributed by atoms with Gasteiger partial charge in [-0.3, -0.25) is 0 Å². The summed E-state index contributed by atoms with van der Waals surface area (Å²) in [5.74, 6) is 5.86. The van der Waals surface area contributed by atoms with Gasteiger partial charge in [0, 0.05) is 20.7 Å². The molecule has 0 atom stereocenters. The first-order chi connectivity index (χ1) is 24.9. The number of ether oxygens (including phenoxy) is 8. The average Bonchev–Trinajstić information content (AvgIpc) is 3.13. The van der Waals surface area contributed by atoms with Crippen molar-refractivity contribution in [3.63, 3.8) is 0 Å². The number of benzene rings is 4. The van der Waals surface area contributed by atoms with Crippen LogP contribution in [0.4, 0.5) is 0 Å². The lowest BCUT2D eigenvalue weighted by Crippen LogP contribution is -2.57. The van der Waals surface area contributed by atoms with E-state index in [1.807, 2.05) is 104 Å². The Hall–Kier alpha value is -4.33. The Labute approximate surface area is 307 Å². The van der Waals surface area contributed by atoms with E-state index in [9.17, 15) is 0 Å². The summed E-state index contributed by atoms with van der Waals surface area (Å²) in [5, 5.41) is 3.70. The van der Waals surface area contributed by atoms with E-state index in [-0.39, 0.29) is 0 Å². The molecule has 9 nitrogen and oxygen atoms in total. The minimum absolute atomic E-state index is 0.482. The summed E-state index contributed by atoms with van der Waals surface area (Å²) in [6.45, 7) is 19.8. The molecule has 0 fully saturated rings. The highest BCUT2D eigenvalue weighted by Gasteiger charge is 2.35. The zero-order chi connectivity index (χ0) is 36.6. The van der Waals surface area contributed by atoms with Gasteiger partial charge >= 0.3 is 0 Å². The maximum absolute atomic E-state index is 7.81. The van der Waals surface area contributed by atoms with Gasteiger partial charge in [0.15, 0.2) is 0 Å². The number of hydrogen-bond donors (Lipinski definition) is 0. The highest BCUT2D eigenvalue weighted by atomic mass is 28.4. The molecule has 276 valence electrons. The van der Waals surface area contributed by atoms with Crippen molar-refractivity contribution in [2.24, 2.45) is 0 Å². The Morgan fingerprint density at radius 3 is 0.725 bits per heavy atom. The van der Waals surface area contributed by atoms with Crippen molar-refractivity contribution < 1.29 is 42.0 Å². The first-order valence-electron chi connectivity index (χ1n) is 18.2. The second kappa shape index (κ2) is 20.5. The molecule has 4 aromatic carbocycles. The standard InChI is InChI=1S/C40H54O9Si2/c1-9-41-29-17-21-33(45-13-5)37(25-29)50(38-26-30(42-10-2)18-22-34(38)46-14-6)49-51(39-27-31(43-11-3)19-23-35(39)47-15-7)40-28-32(44-12-4)20-24-36(40)48-16-8/h17-28,50-51H,9-16H2,1-8H3. The summed E-state index contributed by atoms with van der Waals surface area (Å²) in [6, 6.07) is 23.9. The fourth-order valence-electron chi connectivity index (χ4n) is 5.86. The molecule has 0 bridgehead atoms. The normalized spacial score (nSPS) is 11.0. The molecule has 4 aromatic rings. The van der Waals surface area contributed by atoms with E-state index < -0.39 is 18.1 Å². The zero-order valence-electron chi connectivity index (χ0n) is 31.4. The second-order valence-corrected chi connectivity index (χ2v) is 16.3. The summed E-state index contributed by atoms with van der Waals surface area (Å²) in [4.78, 5) is 0. The van der Waals surface area contributed by atoms with Crippen molar-refractivity contribution in [2.45, 2.75) is 55.4 Å². The van der Waals surface area contributed by atoms with Crippen LogP contribution >= 0.6 is 0 Å². The van der Waals surface area contributed by atoms with Crippen molar-refractivity contribution in [3.05, 3.63) is 72.8 Å². The van der Waals surface area contributed by atoms with E-state index in [1.54, 1.807) is 0 Å². The highest BCUT2D eigenvalue weighted by molar-refractivity contribution is 6.93. The summed E-state index contributed by atoms with van der Waals surface area (Å²) < 4.78 is 57.3. The maximum atomic E-state index is 7.81. The van der Waals surface area contributed by atoms with Crippen LogP contribution in [-0.4, -0.2) is 70.9 Å². The number of hydrogen-bond acceptors (Lipinski definition) is 9. The molecule has 0 radical (unpaired) electrons. The molecule has 0 aliphatic rings. The van der Waals surface area contributed by atoms with Gasteiger partial charge in [0.1, 0.15) is 46.0 Å². The topological polar surface area (TPSA) is 83.1 Å². The van der Waals surface area contributed by atoms with Gasteiger partial charge in [-0.15, -0.1) is 0 Å². The van der Waals surface area contributed by atoms with Crippen molar-refractivity contribution in [2.75, 3.05) is 52.9 Å². The zero-order valence-corrected chi connectivity index (χ0v) is 33.7. The molecule has 0 spiro atoms. The van der Waals surface area contributed by atoms with Crippen LogP contribution in [0, 0.1) is 0 Å². The smallest absolute Gasteiger partial charge is 0.236 e. The molecule has 0 saturated heterocycles. The molecule has 0 heterocycles. The third kappa shape index (κ3) is 10.4. The molecule has 0 N–H and O–H groups in total. The molecule has 0 unspecified atom stereocenters. The minimum atomic E-state index is -2.78. The lowest BCUT2D eigenvalue weighted by molar-refractivity contribution is 0.330. The molecule has 0 aliphatic carbocycles. The third-order valence-corrected chi connectivity index (χ3v) is 14.0. The van der Waals surface area contributed by atoms with E-state index in [0.717, 1.165) is 66.7 Å². The molecule has 0 aromatic heterocycles. The van der Waals surface area contributed by atoms with Gasteiger partial charge < -0.3 is 42.0 Å². The van der Waals surface area contributed by atoms with Gasteiger partial charge in [0.05, 0.1) is 52.9 Å². The van der Waals surface area contributed by atoms with E-state index in [2.05, 4.69) is 24.3 Å². The molecular weight excluding hydrogens is 681 g/mol. The molecule has 51 heavy (non-hydrogen) atoms. The van der Waals surface area contributed by atoms with Crippen LogP contribution in [0.2, 0.25) is 0 Å². The van der Waals surface area contributed by atoms with Crippen LogP contribution in [0.1, 0.15) is 55.4 Å². The maximum Gasteiger partial charge on any atom is 0.236 e. The third-order valence-electron chi connectivity index (χ3n) is 7.77. The predicted octanol–water partition coefficient (Wildman–Crippen LogP) is 5.27. The van der Waals surface area contributed by atoms with Crippen LogP contribution < -0.4 is 58.6 Å². The van der Waals surface area contributed by atoms with Gasteiger partial charge in [-0.25, -0.2) is 0 Å². The fourth-order valence-corrected chi connectivity index (χ4v) is 13.0. The predicted molar refractivity (Wildman–Crippen MR) is 209 cm³/mol. The molecule has 0 amide bonds. The van der Waals surface area contributed by atoms with Gasteiger partial charge in [-0.2, -0.15) is 0 Å². The Morgan fingerprint density at radius 2 is 0.529 bits per heavy atom. The van der Waals surface area contributed by atoms with Gasteiger partial charge in [-0.1, -0.05) is 0 Å². The van der Waals surface area contributed by atoms with Crippen molar-refractivity contribution >= 4 is 38.8 Å². The van der Waals surface area contributed by atoms with Gasteiger partial charge in [0.2, 0.25) is 18.1 Å². The fraction of sp³-hybridized carbons (Fsp3) is 0.400. The minimum Gasteiger partial charge on any atom is -0.494 e. The average molecular weight is 735 g/mol. The van der Waals surface area contributed by atoms with E-state index >= 15 is 0 Å². The Balaban J connectivity index is 2.12. The van der Waals surface area contributed by atoms with Gasteiger partial charge in [-0.05, 0) is 128 Å². The summed E-state index contributed by atoms with van der Waals surface area (Å²) in [5.41, 5.74) is 0. The van der Waals surface area contributed by atoms with Crippen LogP contribution in [0.5, 0.6) is 46.0 Å². The molecule has 0 saturated carbocycles. The second-order valence-electron chi connectivity index (χ2n) is 11.2. The summed E-state index contributed by atoms with van der Waals surface area (Å²) in [6.07, 6.45) is 0. The molecular formula is C40H54O9Si2. The molecule has 11 heteroatoms. The van der Waals surface area contributed by atoms with Crippen molar-refractivity contribution in [1.29, 1.82) is 0 Å². The van der Waals surface area contributed by atoms with E-state index in [1.165, 1.54) is 0 Å². The lowest BCUT2D eigenvalue weighted by Gasteiger charge is -2.30. The Kier molecular flexibility index (Phi) is 15.9.